The molecule has 3 aromatic carbocycles. The molecule has 0 unspecified atom stereocenters. The predicted molar refractivity (Wildman–Crippen MR) is 139 cm³/mol. The van der Waals surface area contributed by atoms with Gasteiger partial charge in [0.15, 0.2) is 0 Å². The summed E-state index contributed by atoms with van der Waals surface area (Å²) in [5.74, 6) is -2.15. The van der Waals surface area contributed by atoms with E-state index in [0.717, 1.165) is 4.90 Å². The van der Waals surface area contributed by atoms with E-state index >= 15 is 0 Å². The monoisotopic (exact) mass is 519 g/mol. The van der Waals surface area contributed by atoms with Gasteiger partial charge in [-0.25, -0.2) is 9.69 Å². The summed E-state index contributed by atoms with van der Waals surface area (Å²) in [6.45, 7) is 2.34. The number of imide groups is 1. The van der Waals surface area contributed by atoms with E-state index in [0.29, 0.717) is 29.3 Å². The fraction of sp³-hybridized carbons (Fsp3) is 0.111. The number of nitrogens with zero attached hydrogens (tertiary/aromatic N) is 1. The third-order valence-corrected chi connectivity index (χ3v) is 5.80. The van der Waals surface area contributed by atoms with E-state index in [1.54, 1.807) is 60.7 Å². The highest BCUT2D eigenvalue weighted by Crippen LogP contribution is 2.31. The van der Waals surface area contributed by atoms with Gasteiger partial charge in [0, 0.05) is 5.69 Å². The van der Waals surface area contributed by atoms with E-state index < -0.39 is 17.8 Å². The Kier molecular flexibility index (Phi) is 7.55. The second-order valence-corrected chi connectivity index (χ2v) is 8.34. The van der Waals surface area contributed by atoms with Crippen LogP contribution in [0.5, 0.6) is 5.75 Å². The number of halogens is 1. The first-order valence-electron chi connectivity index (χ1n) is 11.3. The van der Waals surface area contributed by atoms with E-state index in [1.165, 1.54) is 12.1 Å². The van der Waals surface area contributed by atoms with Crippen molar-refractivity contribution in [1.29, 1.82) is 0 Å². The van der Waals surface area contributed by atoms with Gasteiger partial charge in [-0.15, -0.1) is 0 Å². The summed E-state index contributed by atoms with van der Waals surface area (Å²) >= 11 is 6.20. The van der Waals surface area contributed by atoms with E-state index in [1.807, 2.05) is 6.92 Å². The Labute approximate surface area is 217 Å². The normalized spacial score (nSPS) is 13.1. The summed E-state index contributed by atoms with van der Waals surface area (Å²) in [4.78, 5) is 50.4. The summed E-state index contributed by atoms with van der Waals surface area (Å²) in [5.41, 5.74) is 1.65. The van der Waals surface area contributed by atoms with Crippen molar-refractivity contribution in [2.24, 2.45) is 0 Å². The lowest BCUT2D eigenvalue weighted by Crippen LogP contribution is -2.32. The third-order valence-electron chi connectivity index (χ3n) is 5.45. The van der Waals surface area contributed by atoms with Crippen LogP contribution < -0.4 is 20.3 Å². The van der Waals surface area contributed by atoms with Gasteiger partial charge in [0.1, 0.15) is 16.5 Å². The fourth-order valence-electron chi connectivity index (χ4n) is 3.71. The Balaban J connectivity index is 1.41. The average molecular weight is 520 g/mol. The average Bonchev–Trinajstić information content (AvgIpc) is 3.09. The topological polar surface area (TPSA) is 125 Å². The zero-order chi connectivity index (χ0) is 26.5. The summed E-state index contributed by atoms with van der Waals surface area (Å²) in [7, 11) is 0. The van der Waals surface area contributed by atoms with Gasteiger partial charge < -0.3 is 20.5 Å². The van der Waals surface area contributed by atoms with Crippen molar-refractivity contribution in [3.05, 3.63) is 94.7 Å². The minimum Gasteiger partial charge on any atom is -0.494 e. The molecule has 3 aromatic rings. The first kappa shape index (κ1) is 25.5. The number of carbonyl (C=O) groups excluding carboxylic acids is 3. The molecule has 0 saturated carbocycles. The Morgan fingerprint density at radius 3 is 2.27 bits per heavy atom. The van der Waals surface area contributed by atoms with Gasteiger partial charge in [-0.05, 0) is 61.0 Å². The first-order chi connectivity index (χ1) is 17.8. The molecule has 0 aliphatic carbocycles. The van der Waals surface area contributed by atoms with Crippen molar-refractivity contribution < 1.29 is 29.0 Å². The number of carbonyl (C=O) groups is 4. The molecule has 0 bridgehead atoms. The van der Waals surface area contributed by atoms with Crippen LogP contribution in [0.4, 0.5) is 17.1 Å². The largest absolute Gasteiger partial charge is 0.494 e. The molecule has 1 aliphatic rings. The molecule has 3 amide bonds. The van der Waals surface area contributed by atoms with Gasteiger partial charge in [-0.2, -0.15) is 0 Å². The molecule has 10 heteroatoms. The van der Waals surface area contributed by atoms with Gasteiger partial charge in [0.05, 0.1) is 30.0 Å². The first-order valence-corrected chi connectivity index (χ1v) is 11.7. The number of carboxylic acid groups (broad SMARTS) is 1. The molecule has 37 heavy (non-hydrogen) atoms. The summed E-state index contributed by atoms with van der Waals surface area (Å²) in [5, 5.41) is 14.5. The van der Waals surface area contributed by atoms with Crippen LogP contribution in [0.1, 0.15) is 22.8 Å². The second-order valence-electron chi connectivity index (χ2n) is 7.96. The van der Waals surface area contributed by atoms with Crippen LogP contribution in [0.25, 0.3) is 0 Å². The maximum Gasteiger partial charge on any atom is 0.337 e. The molecule has 188 valence electrons. The summed E-state index contributed by atoms with van der Waals surface area (Å²) in [6.07, 6.45) is 0.000616. The number of aromatic carboxylic acids is 1. The van der Waals surface area contributed by atoms with Gasteiger partial charge in [-0.3, -0.25) is 14.4 Å². The number of benzene rings is 3. The summed E-state index contributed by atoms with van der Waals surface area (Å²) in [6, 6.07) is 19.3. The maximum atomic E-state index is 13.0. The number of hydrogen-bond donors (Lipinski definition) is 3. The third kappa shape index (κ3) is 5.62. The van der Waals surface area contributed by atoms with Crippen LogP contribution in [-0.4, -0.2) is 35.4 Å². The van der Waals surface area contributed by atoms with E-state index in [2.05, 4.69) is 10.6 Å². The minimum absolute atomic E-state index is 0.000616. The molecule has 0 atom stereocenters. The zero-order valence-corrected chi connectivity index (χ0v) is 20.4. The van der Waals surface area contributed by atoms with Crippen LogP contribution in [0.2, 0.25) is 0 Å². The van der Waals surface area contributed by atoms with Crippen molar-refractivity contribution in [2.75, 3.05) is 22.1 Å². The van der Waals surface area contributed by atoms with Crippen LogP contribution in [0.3, 0.4) is 0 Å². The van der Waals surface area contributed by atoms with E-state index in [9.17, 15) is 24.3 Å². The van der Waals surface area contributed by atoms with Crippen molar-refractivity contribution in [2.45, 2.75) is 13.3 Å². The number of rotatable bonds is 9. The predicted octanol–water partition coefficient (Wildman–Crippen LogP) is 4.40. The number of hydrogen-bond acceptors (Lipinski definition) is 6. The molecule has 3 N–H and O–H groups in total. The molecule has 0 aromatic heterocycles. The van der Waals surface area contributed by atoms with Crippen molar-refractivity contribution in [3.8, 4) is 5.75 Å². The van der Waals surface area contributed by atoms with Gasteiger partial charge >= 0.3 is 5.97 Å². The zero-order valence-electron chi connectivity index (χ0n) is 19.7. The smallest absolute Gasteiger partial charge is 0.337 e. The van der Waals surface area contributed by atoms with Crippen molar-refractivity contribution in [1.82, 2.24) is 0 Å². The highest BCUT2D eigenvalue weighted by molar-refractivity contribution is 6.53. The van der Waals surface area contributed by atoms with Crippen LogP contribution in [0.15, 0.2) is 83.5 Å². The standard InChI is InChI=1S/C27H22ClN3O6/c1-2-37-19-13-11-18(12-14-19)31-25(33)23(28)24(26(31)34)29-17-9-7-16(8-10-17)15-22(32)30-21-6-4-3-5-20(21)27(35)36/h3-14,29H,2,15H2,1H3,(H,30,32)(H,35,36). The number of nitrogens with one attached hydrogen (secondary N) is 2. The Morgan fingerprint density at radius 2 is 1.62 bits per heavy atom. The molecule has 4 rings (SSSR count). The lowest BCUT2D eigenvalue weighted by molar-refractivity contribution is -0.120. The van der Waals surface area contributed by atoms with E-state index in [4.69, 9.17) is 16.3 Å². The highest BCUT2D eigenvalue weighted by atomic mass is 35.5. The van der Waals surface area contributed by atoms with Crippen LogP contribution in [-0.2, 0) is 20.8 Å². The molecule has 0 spiro atoms. The van der Waals surface area contributed by atoms with Gasteiger partial charge in [0.25, 0.3) is 11.8 Å². The number of amides is 3. The fourth-order valence-corrected chi connectivity index (χ4v) is 3.93. The maximum absolute atomic E-state index is 13.0. The Bertz CT molecular complexity index is 1400. The van der Waals surface area contributed by atoms with Gasteiger partial charge in [0.2, 0.25) is 5.91 Å². The molecule has 0 radical (unpaired) electrons. The Morgan fingerprint density at radius 1 is 0.946 bits per heavy atom. The number of para-hydroxylation sites is 1. The molecule has 1 heterocycles. The summed E-state index contributed by atoms with van der Waals surface area (Å²) < 4.78 is 5.39. The molecular weight excluding hydrogens is 498 g/mol. The van der Waals surface area contributed by atoms with Crippen LogP contribution in [0, 0.1) is 0 Å². The molecule has 0 saturated heterocycles. The van der Waals surface area contributed by atoms with Gasteiger partial charge in [-0.1, -0.05) is 35.9 Å². The molecular formula is C27H22ClN3O6. The lowest BCUT2D eigenvalue weighted by Gasteiger charge is -2.15. The molecule has 9 nitrogen and oxygen atoms in total. The Hall–Kier alpha value is -4.63. The van der Waals surface area contributed by atoms with Crippen molar-refractivity contribution >= 4 is 52.4 Å². The number of ether oxygens (including phenoxy) is 1. The quantitative estimate of drug-likeness (QED) is 0.358. The molecule has 1 aliphatic heterocycles. The minimum atomic E-state index is -1.14. The van der Waals surface area contributed by atoms with Crippen molar-refractivity contribution in [3.63, 3.8) is 0 Å². The SMILES string of the molecule is CCOc1ccc(N2C(=O)C(Cl)=C(Nc3ccc(CC(=O)Nc4ccccc4C(=O)O)cc3)C2=O)cc1. The highest BCUT2D eigenvalue weighted by Gasteiger charge is 2.39. The number of anilines is 3. The molecule has 0 fully saturated rings. The van der Waals surface area contributed by atoms with Crippen LogP contribution >= 0.6 is 11.6 Å². The second kappa shape index (κ2) is 11.0. The number of carboxylic acids is 1. The van der Waals surface area contributed by atoms with E-state index in [-0.39, 0.29) is 34.3 Å². The lowest BCUT2D eigenvalue weighted by atomic mass is 10.1.